The Kier molecular flexibility index (Phi) is 5.75. The number of nitrogens with zero attached hydrogens (tertiary/aromatic N) is 1. The molecule has 96 valence electrons. The molecular weight excluding hydrogens is 271 g/mol. The number of hydrogen-bond donors (Lipinski definition) is 1. The Morgan fingerprint density at radius 3 is 2.44 bits per heavy atom. The third kappa shape index (κ3) is 3.79. The van der Waals surface area contributed by atoms with Gasteiger partial charge in [-0.1, -0.05) is 41.4 Å². The van der Waals surface area contributed by atoms with Crippen LogP contribution in [0.3, 0.4) is 0 Å². The summed E-state index contributed by atoms with van der Waals surface area (Å²) >= 11 is 11.9. The van der Waals surface area contributed by atoms with Crippen LogP contribution in [-0.2, 0) is 0 Å². The van der Waals surface area contributed by atoms with Crippen molar-refractivity contribution in [2.24, 2.45) is 0 Å². The van der Waals surface area contributed by atoms with Crippen LogP contribution in [-0.4, -0.2) is 24.0 Å². The molecule has 0 spiro atoms. The molecule has 0 aromatic heterocycles. The van der Waals surface area contributed by atoms with Gasteiger partial charge in [0.05, 0.1) is 15.7 Å². The van der Waals surface area contributed by atoms with E-state index in [1.807, 2.05) is 0 Å². The van der Waals surface area contributed by atoms with Crippen molar-refractivity contribution < 1.29 is 4.79 Å². The number of urea groups is 1. The highest BCUT2D eigenvalue weighted by molar-refractivity contribution is 6.43. The molecular formula is C13H14Cl2N2O. The van der Waals surface area contributed by atoms with E-state index in [0.29, 0.717) is 28.8 Å². The molecule has 5 heteroatoms. The number of carbonyl (C=O) groups excluding carboxylic acids is 1. The SMILES string of the molecule is C=CCN(CC=C)C(=O)Nc1cccc(Cl)c1Cl. The molecule has 0 heterocycles. The number of benzene rings is 1. The Bertz CT molecular complexity index is 450. The normalized spacial score (nSPS) is 9.67. The van der Waals surface area contributed by atoms with Crippen LogP contribution in [0.4, 0.5) is 10.5 Å². The minimum atomic E-state index is -0.279. The molecule has 0 bridgehead atoms. The molecule has 0 saturated heterocycles. The van der Waals surface area contributed by atoms with E-state index >= 15 is 0 Å². The zero-order valence-corrected chi connectivity index (χ0v) is 11.3. The number of anilines is 1. The smallest absolute Gasteiger partial charge is 0.317 e. The number of hydrogen-bond acceptors (Lipinski definition) is 1. The van der Waals surface area contributed by atoms with Crippen LogP contribution in [0.25, 0.3) is 0 Å². The summed E-state index contributed by atoms with van der Waals surface area (Å²) < 4.78 is 0. The maximum atomic E-state index is 12.0. The van der Waals surface area contributed by atoms with Gasteiger partial charge in [0.15, 0.2) is 0 Å². The van der Waals surface area contributed by atoms with E-state index in [1.54, 1.807) is 30.4 Å². The minimum absolute atomic E-state index is 0.279. The van der Waals surface area contributed by atoms with Crippen molar-refractivity contribution in [3.05, 3.63) is 53.6 Å². The van der Waals surface area contributed by atoms with Gasteiger partial charge in [0.25, 0.3) is 0 Å². The van der Waals surface area contributed by atoms with Crippen molar-refractivity contribution in [2.45, 2.75) is 0 Å². The minimum Gasteiger partial charge on any atom is -0.317 e. The second kappa shape index (κ2) is 7.09. The molecule has 0 atom stereocenters. The first kappa shape index (κ1) is 14.6. The van der Waals surface area contributed by atoms with Crippen molar-refractivity contribution in [1.82, 2.24) is 4.90 Å². The van der Waals surface area contributed by atoms with Crippen molar-refractivity contribution in [3.63, 3.8) is 0 Å². The summed E-state index contributed by atoms with van der Waals surface area (Å²) in [5, 5.41) is 3.42. The van der Waals surface area contributed by atoms with E-state index in [9.17, 15) is 4.79 Å². The second-order valence-corrected chi connectivity index (χ2v) is 4.30. The molecule has 2 amide bonds. The zero-order valence-electron chi connectivity index (χ0n) is 9.83. The van der Waals surface area contributed by atoms with Gasteiger partial charge in [-0.3, -0.25) is 0 Å². The largest absolute Gasteiger partial charge is 0.322 e. The Labute approximate surface area is 117 Å². The molecule has 0 fully saturated rings. The summed E-state index contributed by atoms with van der Waals surface area (Å²) in [4.78, 5) is 13.5. The topological polar surface area (TPSA) is 32.3 Å². The molecule has 1 rings (SSSR count). The van der Waals surface area contributed by atoms with E-state index in [0.717, 1.165) is 0 Å². The maximum absolute atomic E-state index is 12.0. The van der Waals surface area contributed by atoms with Crippen molar-refractivity contribution >= 4 is 34.9 Å². The lowest BCUT2D eigenvalue weighted by Crippen LogP contribution is -2.35. The summed E-state index contributed by atoms with van der Waals surface area (Å²) in [6.45, 7) is 8.05. The molecule has 1 N–H and O–H groups in total. The van der Waals surface area contributed by atoms with Crippen LogP contribution in [0.5, 0.6) is 0 Å². The van der Waals surface area contributed by atoms with Gasteiger partial charge in [0.2, 0.25) is 0 Å². The Morgan fingerprint density at radius 1 is 1.28 bits per heavy atom. The number of nitrogens with one attached hydrogen (secondary N) is 1. The number of carbonyl (C=O) groups is 1. The lowest BCUT2D eigenvalue weighted by atomic mass is 10.3. The molecule has 0 aliphatic carbocycles. The second-order valence-electron chi connectivity index (χ2n) is 3.51. The molecule has 3 nitrogen and oxygen atoms in total. The van der Waals surface area contributed by atoms with Crippen molar-refractivity contribution in [3.8, 4) is 0 Å². The first-order valence-electron chi connectivity index (χ1n) is 5.32. The Balaban J connectivity index is 2.81. The Hall–Kier alpha value is -1.45. The fraction of sp³-hybridized carbons (Fsp3) is 0.154. The van der Waals surface area contributed by atoms with Crippen LogP contribution in [0.2, 0.25) is 10.0 Å². The third-order valence-electron chi connectivity index (χ3n) is 2.18. The molecule has 18 heavy (non-hydrogen) atoms. The van der Waals surface area contributed by atoms with Crippen LogP contribution >= 0.6 is 23.2 Å². The van der Waals surface area contributed by atoms with E-state index in [2.05, 4.69) is 18.5 Å². The van der Waals surface area contributed by atoms with Gasteiger partial charge in [0.1, 0.15) is 0 Å². The summed E-state index contributed by atoms with van der Waals surface area (Å²) in [6, 6.07) is 4.78. The molecule has 1 aromatic carbocycles. The summed E-state index contributed by atoms with van der Waals surface area (Å²) in [6.07, 6.45) is 3.28. The van der Waals surface area contributed by atoms with E-state index in [4.69, 9.17) is 23.2 Å². The predicted octanol–water partition coefficient (Wildman–Crippen LogP) is 4.20. The van der Waals surface area contributed by atoms with Crippen LogP contribution in [0, 0.1) is 0 Å². The lowest BCUT2D eigenvalue weighted by molar-refractivity contribution is 0.222. The average molecular weight is 285 g/mol. The average Bonchev–Trinajstić information content (AvgIpc) is 2.34. The van der Waals surface area contributed by atoms with Gasteiger partial charge in [-0.25, -0.2) is 4.79 Å². The molecule has 0 saturated carbocycles. The first-order chi connectivity index (χ1) is 8.60. The first-order valence-corrected chi connectivity index (χ1v) is 6.07. The maximum Gasteiger partial charge on any atom is 0.322 e. The molecule has 0 aliphatic rings. The van der Waals surface area contributed by atoms with Crippen LogP contribution in [0.1, 0.15) is 0 Å². The number of amides is 2. The number of rotatable bonds is 5. The highest BCUT2D eigenvalue weighted by Gasteiger charge is 2.13. The molecule has 0 aliphatic heterocycles. The van der Waals surface area contributed by atoms with E-state index < -0.39 is 0 Å². The van der Waals surface area contributed by atoms with Gasteiger partial charge in [-0.15, -0.1) is 13.2 Å². The lowest BCUT2D eigenvalue weighted by Gasteiger charge is -2.20. The fourth-order valence-corrected chi connectivity index (χ4v) is 1.69. The quantitative estimate of drug-likeness (QED) is 0.808. The van der Waals surface area contributed by atoms with Gasteiger partial charge >= 0.3 is 6.03 Å². The molecule has 1 aromatic rings. The van der Waals surface area contributed by atoms with Crippen LogP contribution < -0.4 is 5.32 Å². The van der Waals surface area contributed by atoms with Crippen LogP contribution in [0.15, 0.2) is 43.5 Å². The zero-order chi connectivity index (χ0) is 13.5. The molecule has 0 radical (unpaired) electrons. The molecule has 0 unspecified atom stereocenters. The van der Waals surface area contributed by atoms with Crippen molar-refractivity contribution in [2.75, 3.05) is 18.4 Å². The third-order valence-corrected chi connectivity index (χ3v) is 3.00. The highest BCUT2D eigenvalue weighted by atomic mass is 35.5. The van der Waals surface area contributed by atoms with Gasteiger partial charge in [-0.05, 0) is 12.1 Å². The summed E-state index contributed by atoms with van der Waals surface area (Å²) in [7, 11) is 0. The number of halogens is 2. The van der Waals surface area contributed by atoms with Gasteiger partial charge in [0, 0.05) is 13.1 Å². The van der Waals surface area contributed by atoms with Crippen molar-refractivity contribution in [1.29, 1.82) is 0 Å². The van der Waals surface area contributed by atoms with E-state index in [-0.39, 0.29) is 6.03 Å². The van der Waals surface area contributed by atoms with E-state index in [1.165, 1.54) is 4.90 Å². The summed E-state index contributed by atoms with van der Waals surface area (Å²) in [5.74, 6) is 0. The monoisotopic (exact) mass is 284 g/mol. The fourth-order valence-electron chi connectivity index (χ4n) is 1.35. The predicted molar refractivity (Wildman–Crippen MR) is 77.4 cm³/mol. The summed E-state index contributed by atoms with van der Waals surface area (Å²) in [5.41, 5.74) is 0.479. The highest BCUT2D eigenvalue weighted by Crippen LogP contribution is 2.29. The van der Waals surface area contributed by atoms with Gasteiger partial charge in [-0.2, -0.15) is 0 Å². The Morgan fingerprint density at radius 2 is 1.89 bits per heavy atom. The standard InChI is InChI=1S/C13H14Cl2N2O/c1-3-8-17(9-4-2)13(18)16-11-7-5-6-10(14)12(11)15/h3-7H,1-2,8-9H2,(H,16,18). The van der Waals surface area contributed by atoms with Gasteiger partial charge < -0.3 is 10.2 Å².